The number of likely N-dealkylation sites (tertiary alicyclic amines) is 1. The fourth-order valence-electron chi connectivity index (χ4n) is 2.63. The molecular formula is C17H17NO4S. The first-order valence-electron chi connectivity index (χ1n) is 7.37. The molecule has 6 heteroatoms. The summed E-state index contributed by atoms with van der Waals surface area (Å²) in [4.78, 5) is 14.0. The van der Waals surface area contributed by atoms with Gasteiger partial charge in [0.25, 0.3) is 0 Å². The van der Waals surface area contributed by atoms with Gasteiger partial charge in [0.05, 0.1) is 16.4 Å². The van der Waals surface area contributed by atoms with Crippen molar-refractivity contribution in [3.63, 3.8) is 0 Å². The highest BCUT2D eigenvalue weighted by Crippen LogP contribution is 2.24. The van der Waals surface area contributed by atoms with Crippen LogP contribution in [0.2, 0.25) is 0 Å². The molecule has 23 heavy (non-hydrogen) atoms. The topological polar surface area (TPSA) is 67.6 Å². The SMILES string of the molecule is O=C(/C=C/c1ccco1)N1CC[C@H](S(=O)(=O)c2ccccc2)C1. The Bertz CT molecular complexity index is 794. The second kappa shape index (κ2) is 6.42. The Labute approximate surface area is 135 Å². The van der Waals surface area contributed by atoms with E-state index in [9.17, 15) is 13.2 Å². The number of carbonyl (C=O) groups is 1. The predicted octanol–water partition coefficient (Wildman–Crippen LogP) is 2.37. The lowest BCUT2D eigenvalue weighted by molar-refractivity contribution is -0.124. The Morgan fingerprint density at radius 3 is 2.65 bits per heavy atom. The molecule has 5 nitrogen and oxygen atoms in total. The minimum absolute atomic E-state index is 0.202. The van der Waals surface area contributed by atoms with Crippen LogP contribution < -0.4 is 0 Å². The average molecular weight is 331 g/mol. The van der Waals surface area contributed by atoms with Crippen molar-refractivity contribution >= 4 is 21.8 Å². The van der Waals surface area contributed by atoms with Gasteiger partial charge in [-0.05, 0) is 36.8 Å². The van der Waals surface area contributed by atoms with Gasteiger partial charge in [0.1, 0.15) is 5.76 Å². The second-order valence-electron chi connectivity index (χ2n) is 5.40. The molecule has 1 aromatic carbocycles. The summed E-state index contributed by atoms with van der Waals surface area (Å²) in [6.07, 6.45) is 4.98. The number of sulfone groups is 1. The third-order valence-corrected chi connectivity index (χ3v) is 6.09. The van der Waals surface area contributed by atoms with E-state index in [1.165, 1.54) is 12.3 Å². The third kappa shape index (κ3) is 3.37. The predicted molar refractivity (Wildman–Crippen MR) is 86.4 cm³/mol. The van der Waals surface area contributed by atoms with Crippen molar-refractivity contribution in [2.75, 3.05) is 13.1 Å². The first-order valence-corrected chi connectivity index (χ1v) is 8.91. The van der Waals surface area contributed by atoms with Crippen molar-refractivity contribution in [2.45, 2.75) is 16.6 Å². The zero-order valence-electron chi connectivity index (χ0n) is 12.5. The summed E-state index contributed by atoms with van der Waals surface area (Å²) in [6, 6.07) is 11.9. The van der Waals surface area contributed by atoms with Crippen LogP contribution >= 0.6 is 0 Å². The highest BCUT2D eigenvalue weighted by atomic mass is 32.2. The Kier molecular flexibility index (Phi) is 4.34. The van der Waals surface area contributed by atoms with E-state index in [4.69, 9.17) is 4.42 Å². The fraction of sp³-hybridized carbons (Fsp3) is 0.235. The van der Waals surface area contributed by atoms with Crippen LogP contribution in [0.1, 0.15) is 12.2 Å². The molecular weight excluding hydrogens is 314 g/mol. The third-order valence-electron chi connectivity index (χ3n) is 3.90. The highest BCUT2D eigenvalue weighted by molar-refractivity contribution is 7.92. The van der Waals surface area contributed by atoms with Crippen molar-refractivity contribution in [3.8, 4) is 0 Å². The van der Waals surface area contributed by atoms with Crippen LogP contribution in [-0.4, -0.2) is 37.6 Å². The summed E-state index contributed by atoms with van der Waals surface area (Å²) < 4.78 is 30.3. The molecule has 120 valence electrons. The molecule has 3 rings (SSSR count). The zero-order chi connectivity index (χ0) is 16.3. The van der Waals surface area contributed by atoms with Gasteiger partial charge >= 0.3 is 0 Å². The largest absolute Gasteiger partial charge is 0.465 e. The molecule has 2 heterocycles. The van der Waals surface area contributed by atoms with Gasteiger partial charge in [-0.25, -0.2) is 8.42 Å². The molecule has 1 fully saturated rings. The number of carbonyl (C=O) groups excluding carboxylic acids is 1. The fourth-order valence-corrected chi connectivity index (χ4v) is 4.34. The first kappa shape index (κ1) is 15.6. The van der Waals surface area contributed by atoms with E-state index in [1.54, 1.807) is 53.4 Å². The van der Waals surface area contributed by atoms with Crippen LogP contribution in [0.25, 0.3) is 6.08 Å². The number of nitrogens with zero attached hydrogens (tertiary/aromatic N) is 1. The summed E-state index contributed by atoms with van der Waals surface area (Å²) in [5.41, 5.74) is 0. The molecule has 0 bridgehead atoms. The van der Waals surface area contributed by atoms with Crippen LogP contribution in [0, 0.1) is 0 Å². The van der Waals surface area contributed by atoms with Crippen LogP contribution in [0.5, 0.6) is 0 Å². The Morgan fingerprint density at radius 2 is 1.96 bits per heavy atom. The lowest BCUT2D eigenvalue weighted by Gasteiger charge is -2.14. The quantitative estimate of drug-likeness (QED) is 0.807. The van der Waals surface area contributed by atoms with E-state index in [0.717, 1.165) is 0 Å². The molecule has 1 aromatic heterocycles. The summed E-state index contributed by atoms with van der Waals surface area (Å²) in [7, 11) is -3.40. The molecule has 1 aliphatic heterocycles. The van der Waals surface area contributed by atoms with Gasteiger partial charge in [-0.1, -0.05) is 18.2 Å². The Balaban J connectivity index is 1.67. The molecule has 0 saturated carbocycles. The maximum Gasteiger partial charge on any atom is 0.246 e. The molecule has 0 aliphatic carbocycles. The Morgan fingerprint density at radius 1 is 1.17 bits per heavy atom. The number of benzene rings is 1. The second-order valence-corrected chi connectivity index (χ2v) is 7.63. The first-order chi connectivity index (χ1) is 11.1. The van der Waals surface area contributed by atoms with Crippen molar-refractivity contribution in [2.24, 2.45) is 0 Å². The van der Waals surface area contributed by atoms with Gasteiger partial charge in [-0.2, -0.15) is 0 Å². The summed E-state index contributed by atoms with van der Waals surface area (Å²) >= 11 is 0. The number of rotatable bonds is 4. The zero-order valence-corrected chi connectivity index (χ0v) is 13.3. The molecule has 1 aliphatic rings. The minimum atomic E-state index is -3.40. The van der Waals surface area contributed by atoms with Gasteiger partial charge in [-0.15, -0.1) is 0 Å². The van der Waals surface area contributed by atoms with Crippen LogP contribution in [0.3, 0.4) is 0 Å². The lowest BCUT2D eigenvalue weighted by Crippen LogP contribution is -2.30. The molecule has 0 radical (unpaired) electrons. The van der Waals surface area contributed by atoms with Crippen LogP contribution in [0.15, 0.2) is 64.1 Å². The monoisotopic (exact) mass is 331 g/mol. The van der Waals surface area contributed by atoms with E-state index < -0.39 is 15.1 Å². The Hall–Kier alpha value is -2.34. The number of hydrogen-bond donors (Lipinski definition) is 0. The summed E-state index contributed by atoms with van der Waals surface area (Å²) in [5, 5.41) is -0.550. The van der Waals surface area contributed by atoms with Gasteiger partial charge in [-0.3, -0.25) is 4.79 Å². The standard InChI is InChI=1S/C17H17NO4S/c19-17(9-8-14-5-4-12-22-14)18-11-10-16(13-18)23(20,21)15-6-2-1-3-7-15/h1-9,12,16H,10-11,13H2/b9-8+/t16-/m0/s1. The van der Waals surface area contributed by atoms with Crippen molar-refractivity contribution in [1.82, 2.24) is 4.90 Å². The van der Waals surface area contributed by atoms with Gasteiger partial charge in [0, 0.05) is 19.2 Å². The van der Waals surface area contributed by atoms with Crippen LogP contribution in [0.4, 0.5) is 0 Å². The van der Waals surface area contributed by atoms with Crippen LogP contribution in [-0.2, 0) is 14.6 Å². The van der Waals surface area contributed by atoms with Gasteiger partial charge < -0.3 is 9.32 Å². The molecule has 1 saturated heterocycles. The van der Waals surface area contributed by atoms with E-state index in [1.807, 2.05) is 0 Å². The molecule has 1 amide bonds. The minimum Gasteiger partial charge on any atom is -0.465 e. The normalized spacial score (nSPS) is 18.6. The number of hydrogen-bond acceptors (Lipinski definition) is 4. The molecule has 0 N–H and O–H groups in total. The molecule has 2 aromatic rings. The molecule has 0 unspecified atom stereocenters. The summed E-state index contributed by atoms with van der Waals surface area (Å²) in [5.74, 6) is 0.387. The maximum absolute atomic E-state index is 12.6. The smallest absolute Gasteiger partial charge is 0.246 e. The number of furan rings is 1. The van der Waals surface area contributed by atoms with E-state index >= 15 is 0 Å². The van der Waals surface area contributed by atoms with E-state index in [2.05, 4.69) is 0 Å². The maximum atomic E-state index is 12.6. The van der Waals surface area contributed by atoms with E-state index in [-0.39, 0.29) is 12.5 Å². The molecule has 1 atom stereocenters. The lowest BCUT2D eigenvalue weighted by atomic mass is 10.3. The van der Waals surface area contributed by atoms with Gasteiger partial charge in [0.2, 0.25) is 5.91 Å². The molecule has 0 spiro atoms. The summed E-state index contributed by atoms with van der Waals surface area (Å²) in [6.45, 7) is 0.663. The van der Waals surface area contributed by atoms with E-state index in [0.29, 0.717) is 23.6 Å². The number of amides is 1. The average Bonchev–Trinajstić information content (AvgIpc) is 3.25. The van der Waals surface area contributed by atoms with Crippen molar-refractivity contribution in [3.05, 3.63) is 60.6 Å². The highest BCUT2D eigenvalue weighted by Gasteiger charge is 2.35. The van der Waals surface area contributed by atoms with Gasteiger partial charge in [0.15, 0.2) is 9.84 Å². The van der Waals surface area contributed by atoms with Crippen molar-refractivity contribution in [1.29, 1.82) is 0 Å². The van der Waals surface area contributed by atoms with Crippen molar-refractivity contribution < 1.29 is 17.6 Å².